The van der Waals surface area contributed by atoms with E-state index in [1.165, 1.54) is 0 Å². The number of hydrogen-bond acceptors (Lipinski definition) is 4. The Balaban J connectivity index is 1.81. The fraction of sp³-hybridized carbons (Fsp3) is 0.125. The number of H-pyrrole nitrogens is 1. The van der Waals surface area contributed by atoms with E-state index in [9.17, 15) is 9.59 Å². The number of fused-ring (bicyclic) bond motifs is 1. The highest BCUT2D eigenvalue weighted by Gasteiger charge is 2.22. The number of anilines is 1. The van der Waals surface area contributed by atoms with Crippen LogP contribution in [0.3, 0.4) is 0 Å². The maximum absolute atomic E-state index is 13.4. The van der Waals surface area contributed by atoms with E-state index in [4.69, 9.17) is 4.74 Å². The van der Waals surface area contributed by atoms with Crippen molar-refractivity contribution in [1.29, 1.82) is 0 Å². The van der Waals surface area contributed by atoms with Crippen molar-refractivity contribution < 1.29 is 9.53 Å². The van der Waals surface area contributed by atoms with E-state index in [1.54, 1.807) is 48.7 Å². The van der Waals surface area contributed by atoms with Crippen molar-refractivity contribution >= 4 is 22.5 Å². The van der Waals surface area contributed by atoms with Gasteiger partial charge >= 0.3 is 0 Å². The van der Waals surface area contributed by atoms with Crippen LogP contribution in [-0.4, -0.2) is 23.0 Å². The molecular weight excluding hydrogens is 378 g/mol. The van der Waals surface area contributed by atoms with E-state index < -0.39 is 0 Å². The van der Waals surface area contributed by atoms with Crippen LogP contribution in [0.15, 0.2) is 77.9 Å². The molecule has 1 amide bonds. The summed E-state index contributed by atoms with van der Waals surface area (Å²) < 4.78 is 5.47. The number of pyridine rings is 2. The molecule has 150 valence electrons. The predicted octanol–water partition coefficient (Wildman–Crippen LogP) is 4.09. The number of aryl methyl sites for hydroxylation is 1. The van der Waals surface area contributed by atoms with Gasteiger partial charge < -0.3 is 14.6 Å². The Morgan fingerprint density at radius 1 is 1.07 bits per heavy atom. The maximum Gasteiger partial charge on any atom is 0.258 e. The number of aromatic amines is 1. The molecule has 0 aliphatic carbocycles. The van der Waals surface area contributed by atoms with Gasteiger partial charge in [-0.25, -0.2) is 0 Å². The van der Waals surface area contributed by atoms with Crippen LogP contribution in [0.1, 0.15) is 21.5 Å². The van der Waals surface area contributed by atoms with Gasteiger partial charge in [0.25, 0.3) is 11.5 Å². The molecule has 0 aliphatic rings. The van der Waals surface area contributed by atoms with Crippen molar-refractivity contribution in [3.8, 4) is 5.75 Å². The van der Waals surface area contributed by atoms with E-state index in [0.717, 1.165) is 16.5 Å². The van der Waals surface area contributed by atoms with Gasteiger partial charge in [0.1, 0.15) is 5.75 Å². The molecule has 0 atom stereocenters. The minimum absolute atomic E-state index is 0.0979. The van der Waals surface area contributed by atoms with Gasteiger partial charge in [-0.3, -0.25) is 14.6 Å². The van der Waals surface area contributed by atoms with E-state index in [2.05, 4.69) is 9.97 Å². The van der Waals surface area contributed by atoms with Gasteiger partial charge in [-0.1, -0.05) is 24.3 Å². The highest BCUT2D eigenvalue weighted by atomic mass is 16.5. The number of amides is 1. The number of carbonyl (C=O) groups excluding carboxylic acids is 1. The quantitative estimate of drug-likeness (QED) is 0.549. The summed E-state index contributed by atoms with van der Waals surface area (Å²) in [4.78, 5) is 34.6. The molecule has 6 nitrogen and oxygen atoms in total. The smallest absolute Gasteiger partial charge is 0.258 e. The van der Waals surface area contributed by atoms with Crippen LogP contribution in [0.2, 0.25) is 0 Å². The molecule has 0 aliphatic heterocycles. The summed E-state index contributed by atoms with van der Waals surface area (Å²) in [5.74, 6) is 0.304. The predicted molar refractivity (Wildman–Crippen MR) is 117 cm³/mol. The van der Waals surface area contributed by atoms with Gasteiger partial charge in [0.15, 0.2) is 0 Å². The zero-order valence-corrected chi connectivity index (χ0v) is 16.8. The molecule has 4 aromatic rings. The number of nitrogens with zero attached hydrogens (tertiary/aromatic N) is 2. The van der Waals surface area contributed by atoms with Gasteiger partial charge in [-0.15, -0.1) is 0 Å². The third kappa shape index (κ3) is 3.80. The van der Waals surface area contributed by atoms with Gasteiger partial charge in [0.2, 0.25) is 0 Å². The second-order valence-corrected chi connectivity index (χ2v) is 7.01. The molecule has 0 saturated carbocycles. The monoisotopic (exact) mass is 399 g/mol. The number of ether oxygens (including phenoxy) is 1. The highest BCUT2D eigenvalue weighted by molar-refractivity contribution is 6.06. The molecule has 2 aromatic heterocycles. The zero-order valence-electron chi connectivity index (χ0n) is 16.8. The van der Waals surface area contributed by atoms with Crippen molar-refractivity contribution in [3.63, 3.8) is 0 Å². The van der Waals surface area contributed by atoms with Crippen LogP contribution in [-0.2, 0) is 6.54 Å². The second-order valence-electron chi connectivity index (χ2n) is 7.01. The molecule has 0 saturated heterocycles. The summed E-state index contributed by atoms with van der Waals surface area (Å²) in [7, 11) is 1.55. The number of para-hydroxylation sites is 2. The first-order valence-corrected chi connectivity index (χ1v) is 9.54. The van der Waals surface area contributed by atoms with Crippen LogP contribution in [0.25, 0.3) is 10.9 Å². The zero-order chi connectivity index (χ0) is 21.1. The summed E-state index contributed by atoms with van der Waals surface area (Å²) in [5.41, 5.74) is 3.16. The summed E-state index contributed by atoms with van der Waals surface area (Å²) in [5, 5.41) is 0.909. The Hall–Kier alpha value is -3.93. The number of rotatable bonds is 5. The SMILES string of the molecule is COc1ccccc1N(Cc1cc2ccc(C)cc2[nH]c1=O)C(=O)c1ccncc1. The molecule has 30 heavy (non-hydrogen) atoms. The summed E-state index contributed by atoms with van der Waals surface area (Å²) in [6, 6.07) is 18.3. The lowest BCUT2D eigenvalue weighted by Crippen LogP contribution is -2.33. The number of carbonyl (C=O) groups is 1. The van der Waals surface area contributed by atoms with Gasteiger partial charge in [-0.2, -0.15) is 0 Å². The first-order chi connectivity index (χ1) is 14.6. The second kappa shape index (κ2) is 8.21. The third-order valence-corrected chi connectivity index (χ3v) is 4.96. The molecule has 0 fully saturated rings. The lowest BCUT2D eigenvalue weighted by Gasteiger charge is -2.24. The lowest BCUT2D eigenvalue weighted by molar-refractivity contribution is 0.0984. The fourth-order valence-corrected chi connectivity index (χ4v) is 3.42. The molecule has 0 bridgehead atoms. The van der Waals surface area contributed by atoms with Crippen LogP contribution in [0.5, 0.6) is 5.75 Å². The molecule has 0 radical (unpaired) electrons. The summed E-state index contributed by atoms with van der Waals surface area (Å²) >= 11 is 0. The molecule has 6 heteroatoms. The normalized spacial score (nSPS) is 10.7. The van der Waals surface area contributed by atoms with Crippen molar-refractivity contribution in [1.82, 2.24) is 9.97 Å². The molecule has 1 N–H and O–H groups in total. The largest absolute Gasteiger partial charge is 0.495 e. The van der Waals surface area contributed by atoms with Crippen molar-refractivity contribution in [3.05, 3.63) is 100 Å². The van der Waals surface area contributed by atoms with Crippen molar-refractivity contribution in [2.75, 3.05) is 12.0 Å². The molecular formula is C24H21N3O3. The number of aromatic nitrogens is 2. The number of nitrogens with one attached hydrogen (secondary N) is 1. The van der Waals surface area contributed by atoms with Crippen LogP contribution in [0, 0.1) is 6.92 Å². The van der Waals surface area contributed by atoms with E-state index in [-0.39, 0.29) is 18.0 Å². The highest BCUT2D eigenvalue weighted by Crippen LogP contribution is 2.30. The van der Waals surface area contributed by atoms with E-state index in [1.807, 2.05) is 43.3 Å². The van der Waals surface area contributed by atoms with Gasteiger partial charge in [-0.05, 0) is 54.3 Å². The first kappa shape index (κ1) is 19.4. The third-order valence-electron chi connectivity index (χ3n) is 4.96. The van der Waals surface area contributed by atoms with Crippen LogP contribution < -0.4 is 15.2 Å². The topological polar surface area (TPSA) is 75.3 Å². The fourth-order valence-electron chi connectivity index (χ4n) is 3.42. The Bertz CT molecular complexity index is 1270. The summed E-state index contributed by atoms with van der Waals surface area (Å²) in [6.45, 7) is 2.07. The molecule has 2 heterocycles. The number of benzene rings is 2. The number of hydrogen-bond donors (Lipinski definition) is 1. The lowest BCUT2D eigenvalue weighted by atomic mass is 10.1. The summed E-state index contributed by atoms with van der Waals surface area (Å²) in [6.07, 6.45) is 3.14. The van der Waals surface area contributed by atoms with Crippen molar-refractivity contribution in [2.45, 2.75) is 13.5 Å². The molecule has 2 aromatic carbocycles. The minimum atomic E-state index is -0.245. The van der Waals surface area contributed by atoms with E-state index >= 15 is 0 Å². The number of methoxy groups -OCH3 is 1. The Kier molecular flexibility index (Phi) is 5.30. The average molecular weight is 399 g/mol. The molecule has 0 spiro atoms. The van der Waals surface area contributed by atoms with Gasteiger partial charge in [0.05, 0.1) is 19.3 Å². The molecule has 4 rings (SSSR count). The van der Waals surface area contributed by atoms with Crippen LogP contribution >= 0.6 is 0 Å². The van der Waals surface area contributed by atoms with Crippen LogP contribution in [0.4, 0.5) is 5.69 Å². The Morgan fingerprint density at radius 3 is 2.60 bits per heavy atom. The minimum Gasteiger partial charge on any atom is -0.495 e. The maximum atomic E-state index is 13.4. The molecule has 0 unspecified atom stereocenters. The van der Waals surface area contributed by atoms with E-state index in [0.29, 0.717) is 22.6 Å². The Labute approximate surface area is 173 Å². The average Bonchev–Trinajstić information content (AvgIpc) is 2.78. The standard InChI is InChI=1S/C24H21N3O3/c1-16-7-8-18-14-19(23(28)26-20(18)13-16)15-27(21-5-3-4-6-22(21)30-2)24(29)17-9-11-25-12-10-17/h3-14H,15H2,1-2H3,(H,26,28). The first-order valence-electron chi connectivity index (χ1n) is 9.54. The Morgan fingerprint density at radius 2 is 1.83 bits per heavy atom. The van der Waals surface area contributed by atoms with Gasteiger partial charge in [0, 0.05) is 29.0 Å². The van der Waals surface area contributed by atoms with Crippen molar-refractivity contribution in [2.24, 2.45) is 0 Å².